The molecule has 0 aliphatic rings. The highest BCUT2D eigenvalue weighted by Gasteiger charge is 2.08. The standard InChI is InChI=1S/C24H20FNO4/c1-17(27)30-23-15-18(11-13-20(23)25)12-14-24(28)26-21-9-5-6-10-22(21)29-16-19-7-3-2-4-8-19/h2-15H,16H2,1H3,(H,26,28). The average Bonchev–Trinajstić information content (AvgIpc) is 2.74. The molecule has 0 fully saturated rings. The predicted octanol–water partition coefficient (Wildman–Crippen LogP) is 4.98. The maximum absolute atomic E-state index is 13.7. The molecule has 30 heavy (non-hydrogen) atoms. The van der Waals surface area contributed by atoms with Crippen LogP contribution >= 0.6 is 0 Å². The number of benzene rings is 3. The number of ether oxygens (including phenoxy) is 2. The van der Waals surface area contributed by atoms with Crippen LogP contribution in [0.25, 0.3) is 6.08 Å². The Balaban J connectivity index is 1.66. The summed E-state index contributed by atoms with van der Waals surface area (Å²) in [6.07, 6.45) is 2.80. The summed E-state index contributed by atoms with van der Waals surface area (Å²) in [5, 5.41) is 2.77. The molecule has 3 aromatic carbocycles. The summed E-state index contributed by atoms with van der Waals surface area (Å²) in [4.78, 5) is 23.4. The Morgan fingerprint density at radius 1 is 0.967 bits per heavy atom. The van der Waals surface area contributed by atoms with E-state index >= 15 is 0 Å². The van der Waals surface area contributed by atoms with Crippen LogP contribution in [-0.4, -0.2) is 11.9 Å². The van der Waals surface area contributed by atoms with Crippen LogP contribution in [-0.2, 0) is 16.2 Å². The third-order valence-electron chi connectivity index (χ3n) is 4.02. The Bertz CT molecular complexity index is 1060. The van der Waals surface area contributed by atoms with Gasteiger partial charge in [0.1, 0.15) is 12.4 Å². The molecule has 0 saturated carbocycles. The Hall–Kier alpha value is -3.93. The number of nitrogens with one attached hydrogen (secondary N) is 1. The molecule has 0 saturated heterocycles. The largest absolute Gasteiger partial charge is 0.487 e. The van der Waals surface area contributed by atoms with Crippen LogP contribution in [0, 0.1) is 5.82 Å². The summed E-state index contributed by atoms with van der Waals surface area (Å²) in [7, 11) is 0. The zero-order chi connectivity index (χ0) is 21.3. The zero-order valence-corrected chi connectivity index (χ0v) is 16.3. The molecule has 0 unspecified atom stereocenters. The molecule has 3 rings (SSSR count). The second-order valence-corrected chi connectivity index (χ2v) is 6.38. The fourth-order valence-electron chi connectivity index (χ4n) is 2.63. The van der Waals surface area contributed by atoms with E-state index < -0.39 is 11.8 Å². The van der Waals surface area contributed by atoms with Gasteiger partial charge in [0.15, 0.2) is 11.6 Å². The molecule has 0 atom stereocenters. The minimum Gasteiger partial charge on any atom is -0.487 e. The Kier molecular flexibility index (Phi) is 6.95. The minimum absolute atomic E-state index is 0.190. The van der Waals surface area contributed by atoms with Crippen molar-refractivity contribution < 1.29 is 23.5 Å². The fourth-order valence-corrected chi connectivity index (χ4v) is 2.63. The summed E-state index contributed by atoms with van der Waals surface area (Å²) in [6.45, 7) is 1.56. The molecule has 6 heteroatoms. The van der Waals surface area contributed by atoms with Gasteiger partial charge >= 0.3 is 5.97 Å². The lowest BCUT2D eigenvalue weighted by Gasteiger charge is -2.11. The summed E-state index contributed by atoms with van der Waals surface area (Å²) in [5.41, 5.74) is 2.05. The quantitative estimate of drug-likeness (QED) is 0.342. The van der Waals surface area contributed by atoms with E-state index in [1.807, 2.05) is 36.4 Å². The first kappa shape index (κ1) is 20.8. The summed E-state index contributed by atoms with van der Waals surface area (Å²) < 4.78 is 24.3. The molecule has 0 spiro atoms. The number of hydrogen-bond donors (Lipinski definition) is 1. The number of carbonyl (C=O) groups excluding carboxylic acids is 2. The van der Waals surface area contributed by atoms with Crippen LogP contribution in [0.3, 0.4) is 0 Å². The molecule has 1 N–H and O–H groups in total. The van der Waals surface area contributed by atoms with Crippen molar-refractivity contribution >= 4 is 23.6 Å². The van der Waals surface area contributed by atoms with Crippen molar-refractivity contribution in [2.45, 2.75) is 13.5 Å². The van der Waals surface area contributed by atoms with E-state index in [2.05, 4.69) is 5.32 Å². The van der Waals surface area contributed by atoms with E-state index in [0.29, 0.717) is 23.6 Å². The Morgan fingerprint density at radius 3 is 2.47 bits per heavy atom. The first-order valence-electron chi connectivity index (χ1n) is 9.24. The van der Waals surface area contributed by atoms with Crippen molar-refractivity contribution in [2.75, 3.05) is 5.32 Å². The number of carbonyl (C=O) groups is 2. The van der Waals surface area contributed by atoms with Crippen molar-refractivity contribution in [1.29, 1.82) is 0 Å². The summed E-state index contributed by atoms with van der Waals surface area (Å²) in [6, 6.07) is 20.8. The van der Waals surface area contributed by atoms with Gasteiger partial charge in [0.05, 0.1) is 5.69 Å². The number of para-hydroxylation sites is 2. The van der Waals surface area contributed by atoms with Gasteiger partial charge in [-0.25, -0.2) is 4.39 Å². The first-order valence-corrected chi connectivity index (χ1v) is 9.24. The first-order chi connectivity index (χ1) is 14.5. The van der Waals surface area contributed by atoms with Crippen LogP contribution in [0.5, 0.6) is 11.5 Å². The van der Waals surface area contributed by atoms with Crippen molar-refractivity contribution in [1.82, 2.24) is 0 Å². The number of esters is 1. The lowest BCUT2D eigenvalue weighted by atomic mass is 10.2. The van der Waals surface area contributed by atoms with Crippen LogP contribution in [0.2, 0.25) is 0 Å². The van der Waals surface area contributed by atoms with E-state index in [9.17, 15) is 14.0 Å². The molecule has 5 nitrogen and oxygen atoms in total. The van der Waals surface area contributed by atoms with E-state index in [0.717, 1.165) is 5.56 Å². The highest BCUT2D eigenvalue weighted by molar-refractivity contribution is 6.02. The van der Waals surface area contributed by atoms with Crippen molar-refractivity contribution in [3.05, 3.63) is 95.8 Å². The molecule has 0 bridgehead atoms. The molecular weight excluding hydrogens is 385 g/mol. The van der Waals surface area contributed by atoms with Crippen LogP contribution in [0.15, 0.2) is 78.9 Å². The third kappa shape index (κ3) is 6.04. The van der Waals surface area contributed by atoms with Crippen LogP contribution in [0.4, 0.5) is 10.1 Å². The SMILES string of the molecule is CC(=O)Oc1cc(C=CC(=O)Nc2ccccc2OCc2ccccc2)ccc1F. The van der Waals surface area contributed by atoms with Crippen LogP contribution in [0.1, 0.15) is 18.1 Å². The normalized spacial score (nSPS) is 10.6. The third-order valence-corrected chi connectivity index (χ3v) is 4.02. The maximum atomic E-state index is 13.7. The monoisotopic (exact) mass is 405 g/mol. The number of amides is 1. The predicted molar refractivity (Wildman–Crippen MR) is 113 cm³/mol. The van der Waals surface area contributed by atoms with E-state index in [1.54, 1.807) is 18.2 Å². The van der Waals surface area contributed by atoms with Gasteiger partial charge in [0.25, 0.3) is 0 Å². The minimum atomic E-state index is -0.656. The summed E-state index contributed by atoms with van der Waals surface area (Å²) in [5.74, 6) is -1.31. The zero-order valence-electron chi connectivity index (χ0n) is 16.3. The van der Waals surface area contributed by atoms with Gasteiger partial charge in [0, 0.05) is 13.0 Å². The van der Waals surface area contributed by atoms with E-state index in [1.165, 1.54) is 37.3 Å². The molecule has 0 aromatic heterocycles. The van der Waals surface area contributed by atoms with Gasteiger partial charge in [0.2, 0.25) is 5.91 Å². The second kappa shape index (κ2) is 10.0. The Morgan fingerprint density at radius 2 is 1.70 bits per heavy atom. The molecule has 0 aliphatic carbocycles. The van der Waals surface area contributed by atoms with Crippen molar-refractivity contribution in [3.63, 3.8) is 0 Å². The highest BCUT2D eigenvalue weighted by atomic mass is 19.1. The van der Waals surface area contributed by atoms with Gasteiger partial charge in [-0.15, -0.1) is 0 Å². The number of halogens is 1. The second-order valence-electron chi connectivity index (χ2n) is 6.38. The topological polar surface area (TPSA) is 64.6 Å². The van der Waals surface area contributed by atoms with Crippen molar-refractivity contribution in [2.24, 2.45) is 0 Å². The molecular formula is C24H20FNO4. The van der Waals surface area contributed by atoms with Gasteiger partial charge < -0.3 is 14.8 Å². The lowest BCUT2D eigenvalue weighted by molar-refractivity contribution is -0.132. The molecule has 1 amide bonds. The van der Waals surface area contributed by atoms with Gasteiger partial charge in [-0.1, -0.05) is 48.5 Å². The molecule has 3 aromatic rings. The maximum Gasteiger partial charge on any atom is 0.308 e. The molecule has 0 radical (unpaired) electrons. The van der Waals surface area contributed by atoms with Crippen molar-refractivity contribution in [3.8, 4) is 11.5 Å². The highest BCUT2D eigenvalue weighted by Crippen LogP contribution is 2.25. The van der Waals surface area contributed by atoms with Gasteiger partial charge in [-0.05, 0) is 41.5 Å². The molecule has 152 valence electrons. The number of hydrogen-bond acceptors (Lipinski definition) is 4. The average molecular weight is 405 g/mol. The molecule has 0 heterocycles. The smallest absolute Gasteiger partial charge is 0.308 e. The van der Waals surface area contributed by atoms with Gasteiger partial charge in [-0.3, -0.25) is 9.59 Å². The lowest BCUT2D eigenvalue weighted by Crippen LogP contribution is -2.09. The number of anilines is 1. The number of rotatable bonds is 7. The fraction of sp³-hybridized carbons (Fsp3) is 0.0833. The van der Waals surface area contributed by atoms with Gasteiger partial charge in [-0.2, -0.15) is 0 Å². The summed E-state index contributed by atoms with van der Waals surface area (Å²) >= 11 is 0. The van der Waals surface area contributed by atoms with E-state index in [-0.39, 0.29) is 11.7 Å². The molecule has 0 aliphatic heterocycles. The Labute approximate surface area is 173 Å². The van der Waals surface area contributed by atoms with Crippen LogP contribution < -0.4 is 14.8 Å². The van der Waals surface area contributed by atoms with E-state index in [4.69, 9.17) is 9.47 Å².